The molecule has 0 aromatic carbocycles. The number of thiophene rings is 1. The van der Waals surface area contributed by atoms with E-state index in [1.54, 1.807) is 11.3 Å². The van der Waals surface area contributed by atoms with Gasteiger partial charge in [0.25, 0.3) is 0 Å². The van der Waals surface area contributed by atoms with Gasteiger partial charge in [-0.15, -0.1) is 11.3 Å². The van der Waals surface area contributed by atoms with Gasteiger partial charge in [-0.25, -0.2) is 15.8 Å². The number of aromatic nitrogens is 2. The fraction of sp³-hybridized carbons (Fsp3) is 0.333. The summed E-state index contributed by atoms with van der Waals surface area (Å²) in [6.07, 6.45) is 0.770. The van der Waals surface area contributed by atoms with Gasteiger partial charge in [0, 0.05) is 21.3 Å². The predicted octanol–water partition coefficient (Wildman–Crippen LogP) is 3.07. The van der Waals surface area contributed by atoms with Crippen LogP contribution in [0.1, 0.15) is 23.2 Å². The number of nitrogen functional groups attached to an aromatic ring is 1. The minimum Gasteiger partial charge on any atom is -0.365 e. The first kappa shape index (κ1) is 14.2. The van der Waals surface area contributed by atoms with Gasteiger partial charge in [-0.2, -0.15) is 0 Å². The van der Waals surface area contributed by atoms with Crippen molar-refractivity contribution in [2.24, 2.45) is 5.84 Å². The third kappa shape index (κ3) is 3.23. The minimum absolute atomic E-state index is 0.666. The average molecular weight is 342 g/mol. The number of anilines is 2. The smallest absolute Gasteiger partial charge is 0.148 e. The highest BCUT2D eigenvalue weighted by molar-refractivity contribution is 9.10. The van der Waals surface area contributed by atoms with Crippen molar-refractivity contribution in [3.63, 3.8) is 0 Å². The summed E-state index contributed by atoms with van der Waals surface area (Å²) in [5.74, 6) is 7.74. The molecule has 4 N–H and O–H groups in total. The summed E-state index contributed by atoms with van der Waals surface area (Å²) in [4.78, 5) is 10.1. The van der Waals surface area contributed by atoms with E-state index in [0.29, 0.717) is 5.82 Å². The lowest BCUT2D eigenvalue weighted by molar-refractivity contribution is 0.922. The summed E-state index contributed by atoms with van der Waals surface area (Å²) < 4.78 is 1.12. The Balaban J connectivity index is 2.22. The van der Waals surface area contributed by atoms with E-state index in [-0.39, 0.29) is 0 Å². The van der Waals surface area contributed by atoms with Crippen LogP contribution in [0.4, 0.5) is 11.6 Å². The number of halogens is 1. The third-order valence-electron chi connectivity index (χ3n) is 2.75. The van der Waals surface area contributed by atoms with Crippen LogP contribution < -0.4 is 16.6 Å². The Morgan fingerprint density at radius 3 is 2.68 bits per heavy atom. The zero-order valence-electron chi connectivity index (χ0n) is 10.8. The first-order valence-corrected chi connectivity index (χ1v) is 7.62. The lowest BCUT2D eigenvalue weighted by Gasteiger charge is -2.12. The van der Waals surface area contributed by atoms with Gasteiger partial charge < -0.3 is 10.7 Å². The fourth-order valence-electron chi connectivity index (χ4n) is 1.65. The highest BCUT2D eigenvalue weighted by Crippen LogP contribution is 2.25. The largest absolute Gasteiger partial charge is 0.365 e. The van der Waals surface area contributed by atoms with E-state index in [2.05, 4.69) is 42.0 Å². The Morgan fingerprint density at radius 2 is 2.11 bits per heavy atom. The second-order valence-electron chi connectivity index (χ2n) is 4.01. The number of rotatable bonds is 5. The van der Waals surface area contributed by atoms with Crippen molar-refractivity contribution in [2.75, 3.05) is 10.7 Å². The van der Waals surface area contributed by atoms with Crippen LogP contribution >= 0.6 is 27.3 Å². The van der Waals surface area contributed by atoms with Gasteiger partial charge in [0.15, 0.2) is 0 Å². The number of hydrogen-bond acceptors (Lipinski definition) is 6. The molecule has 0 saturated heterocycles. The van der Waals surface area contributed by atoms with E-state index in [1.807, 2.05) is 19.9 Å². The highest BCUT2D eigenvalue weighted by atomic mass is 79.9. The maximum Gasteiger partial charge on any atom is 0.148 e. The van der Waals surface area contributed by atoms with Gasteiger partial charge >= 0.3 is 0 Å². The fourth-order valence-corrected chi connectivity index (χ4v) is 3.08. The average Bonchev–Trinajstić information content (AvgIpc) is 2.83. The zero-order valence-corrected chi connectivity index (χ0v) is 13.2. The van der Waals surface area contributed by atoms with Crippen molar-refractivity contribution < 1.29 is 0 Å². The molecule has 2 rings (SSSR count). The summed E-state index contributed by atoms with van der Waals surface area (Å²) in [5.41, 5.74) is 3.54. The van der Waals surface area contributed by atoms with Crippen molar-refractivity contribution in [1.29, 1.82) is 0 Å². The van der Waals surface area contributed by atoms with E-state index in [0.717, 1.165) is 34.6 Å². The first-order valence-electron chi connectivity index (χ1n) is 5.95. The molecule has 2 heterocycles. The van der Waals surface area contributed by atoms with Crippen LogP contribution in [0.25, 0.3) is 0 Å². The van der Waals surface area contributed by atoms with E-state index in [9.17, 15) is 0 Å². The molecule has 0 aliphatic carbocycles. The number of hydrazine groups is 1. The van der Waals surface area contributed by atoms with E-state index in [1.165, 1.54) is 4.88 Å². The number of nitrogens with one attached hydrogen (secondary N) is 2. The van der Waals surface area contributed by atoms with Crippen LogP contribution in [-0.2, 0) is 13.0 Å². The molecule has 19 heavy (non-hydrogen) atoms. The maximum atomic E-state index is 5.48. The van der Waals surface area contributed by atoms with Gasteiger partial charge in [0.2, 0.25) is 0 Å². The lowest BCUT2D eigenvalue weighted by atomic mass is 10.3. The molecule has 0 saturated carbocycles. The van der Waals surface area contributed by atoms with Crippen LogP contribution in [0.2, 0.25) is 0 Å². The van der Waals surface area contributed by atoms with Gasteiger partial charge in [0.1, 0.15) is 17.5 Å². The molecule has 0 atom stereocenters. The number of nitrogens with zero attached hydrogens (tertiary/aromatic N) is 2. The molecule has 7 heteroatoms. The van der Waals surface area contributed by atoms with Crippen LogP contribution in [-0.4, -0.2) is 9.97 Å². The monoisotopic (exact) mass is 341 g/mol. The predicted molar refractivity (Wildman–Crippen MR) is 83.3 cm³/mol. The van der Waals surface area contributed by atoms with Crippen molar-refractivity contribution in [3.05, 3.63) is 32.2 Å². The number of nitrogens with two attached hydrogens (primary N) is 1. The molecule has 0 bridgehead atoms. The van der Waals surface area contributed by atoms with Crippen LogP contribution in [0.15, 0.2) is 15.9 Å². The Labute approximate surface area is 124 Å². The van der Waals surface area contributed by atoms with Gasteiger partial charge in [-0.1, -0.05) is 6.92 Å². The topological polar surface area (TPSA) is 75.9 Å². The standard InChI is InChI=1S/C12H16BrN5S/c1-3-10-16-11(7(2)12(17-10)18-14)15-6-9-8(13)4-5-19-9/h4-5H,3,6,14H2,1-2H3,(H2,15,16,17,18). The van der Waals surface area contributed by atoms with Gasteiger partial charge in [-0.05, 0) is 34.3 Å². The normalized spacial score (nSPS) is 10.5. The molecular weight excluding hydrogens is 326 g/mol. The van der Waals surface area contributed by atoms with E-state index < -0.39 is 0 Å². The summed E-state index contributed by atoms with van der Waals surface area (Å²) in [5, 5.41) is 5.39. The molecule has 0 aliphatic heterocycles. The molecule has 5 nitrogen and oxygen atoms in total. The highest BCUT2D eigenvalue weighted by Gasteiger charge is 2.10. The van der Waals surface area contributed by atoms with Crippen molar-refractivity contribution >= 4 is 38.9 Å². The summed E-state index contributed by atoms with van der Waals surface area (Å²) in [6.45, 7) is 4.69. The third-order valence-corrected chi connectivity index (χ3v) is 4.68. The zero-order chi connectivity index (χ0) is 13.8. The molecule has 0 fully saturated rings. The van der Waals surface area contributed by atoms with E-state index in [4.69, 9.17) is 5.84 Å². The quantitative estimate of drug-likeness (QED) is 0.575. The van der Waals surface area contributed by atoms with Crippen LogP contribution in [0.5, 0.6) is 0 Å². The molecule has 102 valence electrons. The Kier molecular flexibility index (Phi) is 4.73. The van der Waals surface area contributed by atoms with Crippen molar-refractivity contribution in [1.82, 2.24) is 9.97 Å². The molecular formula is C12H16BrN5S. The number of aryl methyl sites for hydroxylation is 1. The van der Waals surface area contributed by atoms with E-state index >= 15 is 0 Å². The molecule has 0 radical (unpaired) electrons. The molecule has 0 amide bonds. The van der Waals surface area contributed by atoms with Crippen LogP contribution in [0.3, 0.4) is 0 Å². The van der Waals surface area contributed by atoms with Gasteiger partial charge in [-0.3, -0.25) is 0 Å². The number of hydrogen-bond donors (Lipinski definition) is 3. The second kappa shape index (κ2) is 6.31. The molecule has 0 aliphatic rings. The molecule has 2 aromatic rings. The maximum absolute atomic E-state index is 5.48. The Morgan fingerprint density at radius 1 is 1.37 bits per heavy atom. The van der Waals surface area contributed by atoms with Crippen molar-refractivity contribution in [3.8, 4) is 0 Å². The molecule has 2 aromatic heterocycles. The van der Waals surface area contributed by atoms with Gasteiger partial charge in [0.05, 0.1) is 6.54 Å². The van der Waals surface area contributed by atoms with Crippen LogP contribution in [0, 0.1) is 6.92 Å². The summed E-state index contributed by atoms with van der Waals surface area (Å²) >= 11 is 5.22. The SMILES string of the molecule is CCc1nc(NN)c(C)c(NCc2sccc2Br)n1. The van der Waals surface area contributed by atoms with Crippen molar-refractivity contribution in [2.45, 2.75) is 26.8 Å². The molecule has 0 unspecified atom stereocenters. The summed E-state index contributed by atoms with van der Waals surface area (Å²) in [6, 6.07) is 2.04. The first-order chi connectivity index (χ1) is 9.15. The lowest BCUT2D eigenvalue weighted by Crippen LogP contribution is -2.14. The molecule has 0 spiro atoms. The summed E-state index contributed by atoms with van der Waals surface area (Å²) in [7, 11) is 0. The minimum atomic E-state index is 0.666. The Bertz CT molecular complexity index is 569. The second-order valence-corrected chi connectivity index (χ2v) is 5.86. The Hall–Kier alpha value is -1.18.